The molecule has 96 valence electrons. The lowest BCUT2D eigenvalue weighted by Gasteiger charge is -2.12. The zero-order chi connectivity index (χ0) is 13.5. The molecule has 0 fully saturated rings. The number of nitriles is 1. The molecule has 3 heteroatoms. The number of rotatable bonds is 5. The Labute approximate surface area is 118 Å². The fraction of sp³-hybridized carbons (Fsp3) is 0.188. The van der Waals surface area contributed by atoms with E-state index in [0.29, 0.717) is 5.02 Å². The summed E-state index contributed by atoms with van der Waals surface area (Å²) < 4.78 is 0. The fourth-order valence-electron chi connectivity index (χ4n) is 1.90. The van der Waals surface area contributed by atoms with Crippen LogP contribution >= 0.6 is 11.6 Å². The van der Waals surface area contributed by atoms with Crippen LogP contribution in [0.2, 0.25) is 5.02 Å². The van der Waals surface area contributed by atoms with Gasteiger partial charge in [-0.15, -0.1) is 0 Å². The van der Waals surface area contributed by atoms with E-state index in [1.807, 2.05) is 30.3 Å². The first kappa shape index (κ1) is 13.6. The zero-order valence-electron chi connectivity index (χ0n) is 10.5. The second-order valence-electron chi connectivity index (χ2n) is 4.30. The average Bonchev–Trinajstić information content (AvgIpc) is 2.46. The van der Waals surface area contributed by atoms with Crippen molar-refractivity contribution < 1.29 is 0 Å². The Hall–Kier alpha value is -1.82. The molecule has 2 aromatic carbocycles. The Balaban J connectivity index is 1.90. The highest BCUT2D eigenvalue weighted by Gasteiger charge is 2.08. The lowest BCUT2D eigenvalue weighted by Crippen LogP contribution is -2.22. The van der Waals surface area contributed by atoms with Crippen molar-refractivity contribution in [1.29, 1.82) is 5.26 Å². The molecular weight excluding hydrogens is 256 g/mol. The van der Waals surface area contributed by atoms with Gasteiger partial charge in [0, 0.05) is 11.6 Å². The number of benzene rings is 2. The van der Waals surface area contributed by atoms with E-state index in [4.69, 9.17) is 11.6 Å². The third-order valence-electron chi connectivity index (χ3n) is 2.94. The Morgan fingerprint density at radius 2 is 1.74 bits per heavy atom. The van der Waals surface area contributed by atoms with Crippen molar-refractivity contribution in [3.8, 4) is 6.07 Å². The van der Waals surface area contributed by atoms with Crippen LogP contribution in [0.15, 0.2) is 54.6 Å². The molecule has 1 atom stereocenters. The molecule has 0 saturated carbocycles. The summed E-state index contributed by atoms with van der Waals surface area (Å²) in [7, 11) is 0. The van der Waals surface area contributed by atoms with Crippen LogP contribution in [0.5, 0.6) is 0 Å². The minimum absolute atomic E-state index is 0.291. The van der Waals surface area contributed by atoms with Crippen molar-refractivity contribution in [2.24, 2.45) is 0 Å². The molecule has 2 nitrogen and oxygen atoms in total. The van der Waals surface area contributed by atoms with E-state index < -0.39 is 0 Å². The van der Waals surface area contributed by atoms with Crippen LogP contribution in [-0.4, -0.2) is 6.54 Å². The molecule has 0 spiro atoms. The second kappa shape index (κ2) is 6.94. The number of nitrogens with one attached hydrogen (secondary N) is 1. The second-order valence-corrected chi connectivity index (χ2v) is 4.74. The lowest BCUT2D eigenvalue weighted by molar-refractivity contribution is 0.629. The van der Waals surface area contributed by atoms with Gasteiger partial charge in [0.25, 0.3) is 0 Å². The van der Waals surface area contributed by atoms with E-state index >= 15 is 0 Å². The zero-order valence-corrected chi connectivity index (χ0v) is 11.3. The Morgan fingerprint density at radius 3 is 2.37 bits per heavy atom. The molecule has 0 bridgehead atoms. The fourth-order valence-corrected chi connectivity index (χ4v) is 2.02. The van der Waals surface area contributed by atoms with Gasteiger partial charge in [-0.05, 0) is 29.7 Å². The van der Waals surface area contributed by atoms with Crippen molar-refractivity contribution in [1.82, 2.24) is 5.32 Å². The first-order valence-corrected chi connectivity index (χ1v) is 6.60. The first-order chi connectivity index (χ1) is 9.29. The van der Waals surface area contributed by atoms with E-state index in [1.165, 1.54) is 5.56 Å². The third kappa shape index (κ3) is 4.10. The van der Waals surface area contributed by atoms with Crippen molar-refractivity contribution in [2.75, 3.05) is 6.54 Å². The quantitative estimate of drug-likeness (QED) is 0.898. The van der Waals surface area contributed by atoms with Gasteiger partial charge in [-0.1, -0.05) is 54.1 Å². The van der Waals surface area contributed by atoms with Gasteiger partial charge in [0.1, 0.15) is 6.04 Å². The molecule has 19 heavy (non-hydrogen) atoms. The smallest absolute Gasteiger partial charge is 0.121 e. The van der Waals surface area contributed by atoms with Gasteiger partial charge in [0.05, 0.1) is 6.07 Å². The van der Waals surface area contributed by atoms with E-state index in [9.17, 15) is 5.26 Å². The highest BCUT2D eigenvalue weighted by molar-refractivity contribution is 6.30. The molecule has 0 aliphatic rings. The molecule has 2 rings (SSSR count). The average molecular weight is 271 g/mol. The van der Waals surface area contributed by atoms with Crippen molar-refractivity contribution in [2.45, 2.75) is 12.5 Å². The Kier molecular flexibility index (Phi) is 4.97. The first-order valence-electron chi connectivity index (χ1n) is 6.22. The molecule has 1 N–H and O–H groups in total. The van der Waals surface area contributed by atoms with Gasteiger partial charge in [0.2, 0.25) is 0 Å². The normalized spacial score (nSPS) is 11.8. The maximum atomic E-state index is 9.20. The van der Waals surface area contributed by atoms with Gasteiger partial charge in [-0.3, -0.25) is 5.32 Å². The van der Waals surface area contributed by atoms with Crippen LogP contribution in [0.1, 0.15) is 17.2 Å². The molecule has 0 heterocycles. The molecule has 0 saturated heterocycles. The number of nitrogens with zero attached hydrogens (tertiary/aromatic N) is 1. The van der Waals surface area contributed by atoms with Gasteiger partial charge in [-0.2, -0.15) is 5.26 Å². The number of halogens is 1. The molecule has 0 aromatic heterocycles. The largest absolute Gasteiger partial charge is 0.298 e. The Morgan fingerprint density at radius 1 is 1.05 bits per heavy atom. The molecule has 1 unspecified atom stereocenters. The van der Waals surface area contributed by atoms with Crippen LogP contribution in [0, 0.1) is 11.3 Å². The number of hydrogen-bond acceptors (Lipinski definition) is 2. The lowest BCUT2D eigenvalue weighted by atomic mass is 10.1. The minimum Gasteiger partial charge on any atom is -0.298 e. The van der Waals surface area contributed by atoms with Crippen LogP contribution in [0.4, 0.5) is 0 Å². The van der Waals surface area contributed by atoms with E-state index in [1.54, 1.807) is 12.1 Å². The van der Waals surface area contributed by atoms with Gasteiger partial charge in [-0.25, -0.2) is 0 Å². The molecule has 0 amide bonds. The van der Waals surface area contributed by atoms with Gasteiger partial charge < -0.3 is 0 Å². The van der Waals surface area contributed by atoms with Crippen molar-refractivity contribution >= 4 is 11.6 Å². The van der Waals surface area contributed by atoms with E-state index in [2.05, 4.69) is 23.5 Å². The predicted octanol–water partition coefficient (Wildman–Crippen LogP) is 3.74. The monoisotopic (exact) mass is 270 g/mol. The highest BCUT2D eigenvalue weighted by atomic mass is 35.5. The van der Waals surface area contributed by atoms with Crippen LogP contribution in [-0.2, 0) is 6.42 Å². The highest BCUT2D eigenvalue weighted by Crippen LogP contribution is 2.15. The van der Waals surface area contributed by atoms with E-state index in [-0.39, 0.29) is 6.04 Å². The maximum absolute atomic E-state index is 9.20. The third-order valence-corrected chi connectivity index (χ3v) is 3.19. The summed E-state index contributed by atoms with van der Waals surface area (Å²) in [5.74, 6) is 0. The van der Waals surface area contributed by atoms with E-state index in [0.717, 1.165) is 18.5 Å². The van der Waals surface area contributed by atoms with Crippen LogP contribution in [0.3, 0.4) is 0 Å². The van der Waals surface area contributed by atoms with Crippen molar-refractivity contribution in [3.05, 3.63) is 70.7 Å². The van der Waals surface area contributed by atoms with Crippen LogP contribution in [0.25, 0.3) is 0 Å². The number of hydrogen-bond donors (Lipinski definition) is 1. The van der Waals surface area contributed by atoms with Gasteiger partial charge in [0.15, 0.2) is 0 Å². The SMILES string of the molecule is N#CC(NCCc1ccccc1)c1ccc(Cl)cc1. The minimum atomic E-state index is -0.291. The van der Waals surface area contributed by atoms with Crippen molar-refractivity contribution in [3.63, 3.8) is 0 Å². The summed E-state index contributed by atoms with van der Waals surface area (Å²) >= 11 is 5.84. The molecule has 0 radical (unpaired) electrons. The molecule has 2 aromatic rings. The summed E-state index contributed by atoms with van der Waals surface area (Å²) in [5, 5.41) is 13.1. The van der Waals surface area contributed by atoms with Crippen LogP contribution < -0.4 is 5.32 Å². The topological polar surface area (TPSA) is 35.8 Å². The maximum Gasteiger partial charge on any atom is 0.121 e. The molecule has 0 aliphatic heterocycles. The Bertz CT molecular complexity index is 543. The molecule has 0 aliphatic carbocycles. The summed E-state index contributed by atoms with van der Waals surface area (Å²) in [5.41, 5.74) is 2.21. The molecular formula is C16H15ClN2. The summed E-state index contributed by atoms with van der Waals surface area (Å²) in [4.78, 5) is 0. The standard InChI is InChI=1S/C16H15ClN2/c17-15-8-6-14(7-9-15)16(12-18)19-11-10-13-4-2-1-3-5-13/h1-9,16,19H,10-11H2. The summed E-state index contributed by atoms with van der Waals surface area (Å²) in [6.07, 6.45) is 0.909. The van der Waals surface area contributed by atoms with Gasteiger partial charge >= 0.3 is 0 Å². The summed E-state index contributed by atoms with van der Waals surface area (Å²) in [6, 6.07) is 19.6. The summed E-state index contributed by atoms with van der Waals surface area (Å²) in [6.45, 7) is 0.769. The predicted molar refractivity (Wildman–Crippen MR) is 78.0 cm³/mol.